The van der Waals surface area contributed by atoms with Gasteiger partial charge in [0.05, 0.1) is 11.1 Å². The van der Waals surface area contributed by atoms with Gasteiger partial charge in [-0.3, -0.25) is 9.59 Å². The predicted octanol–water partition coefficient (Wildman–Crippen LogP) is 5.22. The van der Waals surface area contributed by atoms with Crippen LogP contribution >= 0.6 is 39.1 Å². The second-order valence-corrected chi connectivity index (χ2v) is 10.2. The molecular weight excluding hydrogens is 451 g/mol. The first-order chi connectivity index (χ1) is 12.3. The number of rotatable bonds is 6. The third-order valence-corrected chi connectivity index (χ3v) is 5.97. The molecule has 0 bridgehead atoms. The minimum absolute atomic E-state index is 0.181. The molecule has 0 saturated heterocycles. The molecule has 0 saturated carbocycles. The predicted molar refractivity (Wildman–Crippen MR) is 117 cm³/mol. The average Bonchev–Trinajstić information content (AvgIpc) is 2.55. The summed E-state index contributed by atoms with van der Waals surface area (Å²) in [6.07, 6.45) is 0. The van der Waals surface area contributed by atoms with Crippen LogP contribution in [0.4, 0.5) is 0 Å². The molecule has 2 atom stereocenters. The number of carbonyl (C=O) groups excluding carboxylic acids is 2. The molecule has 2 amide bonds. The quantitative estimate of drug-likeness (QED) is 0.549. The summed E-state index contributed by atoms with van der Waals surface area (Å²) in [5.41, 5.74) is 0.415. The van der Waals surface area contributed by atoms with Gasteiger partial charge in [0.2, 0.25) is 0 Å². The molecule has 152 valence electrons. The van der Waals surface area contributed by atoms with Crippen LogP contribution in [0.2, 0.25) is 0 Å². The Hall–Kier alpha value is -0.780. The second-order valence-electron chi connectivity index (χ2n) is 8.76. The summed E-state index contributed by atoms with van der Waals surface area (Å²) in [6.45, 7) is 12.1. The summed E-state index contributed by atoms with van der Waals surface area (Å²) in [5, 5.41) is 5.90. The molecule has 0 heterocycles. The van der Waals surface area contributed by atoms with Crippen molar-refractivity contribution in [3.63, 3.8) is 0 Å². The van der Waals surface area contributed by atoms with Crippen LogP contribution in [-0.2, 0) is 0 Å². The van der Waals surface area contributed by atoms with Crippen LogP contribution < -0.4 is 10.6 Å². The number of nitrogens with one attached hydrogen (secondary N) is 2. The Morgan fingerprint density at radius 3 is 1.48 bits per heavy atom. The second kappa shape index (κ2) is 9.62. The highest BCUT2D eigenvalue weighted by Gasteiger charge is 2.29. The number of alkyl halides is 2. The van der Waals surface area contributed by atoms with Crippen LogP contribution in [0, 0.1) is 10.8 Å². The van der Waals surface area contributed by atoms with Gasteiger partial charge in [-0.15, -0.1) is 23.2 Å². The van der Waals surface area contributed by atoms with Crippen LogP contribution in [0.25, 0.3) is 0 Å². The standard InChI is InChI=1S/C20H29BrCl2N2O2/c1-19(2,3)14(10-22)24-17(26)12-8-7-9-13(16(12)21)18(27)25-15(11-23)20(4,5)6/h7-9,14-15H,10-11H2,1-6H3,(H,24,26)(H,25,27)/t14-,15-/m1/s1. The van der Waals surface area contributed by atoms with Crippen molar-refractivity contribution in [2.45, 2.75) is 53.6 Å². The Morgan fingerprint density at radius 2 is 1.22 bits per heavy atom. The number of hydrogen-bond donors (Lipinski definition) is 2. The van der Waals surface area contributed by atoms with Gasteiger partial charge >= 0.3 is 0 Å². The van der Waals surface area contributed by atoms with E-state index in [2.05, 4.69) is 26.6 Å². The Kier molecular flexibility index (Phi) is 8.64. The van der Waals surface area contributed by atoms with E-state index in [1.807, 2.05) is 41.5 Å². The first-order valence-electron chi connectivity index (χ1n) is 8.85. The summed E-state index contributed by atoms with van der Waals surface area (Å²) in [4.78, 5) is 25.5. The zero-order valence-corrected chi connectivity index (χ0v) is 19.8. The molecule has 1 rings (SSSR count). The molecule has 0 radical (unpaired) electrons. The third-order valence-electron chi connectivity index (χ3n) is 4.50. The first-order valence-corrected chi connectivity index (χ1v) is 10.7. The van der Waals surface area contributed by atoms with Gasteiger partial charge in [-0.2, -0.15) is 0 Å². The van der Waals surface area contributed by atoms with E-state index in [9.17, 15) is 9.59 Å². The molecule has 4 nitrogen and oxygen atoms in total. The summed E-state index contributed by atoms with van der Waals surface area (Å²) in [7, 11) is 0. The van der Waals surface area contributed by atoms with E-state index in [0.717, 1.165) is 0 Å². The van der Waals surface area contributed by atoms with E-state index in [1.165, 1.54) is 0 Å². The van der Waals surface area contributed by atoms with Crippen molar-refractivity contribution in [2.75, 3.05) is 11.8 Å². The lowest BCUT2D eigenvalue weighted by atomic mass is 9.87. The fraction of sp³-hybridized carbons (Fsp3) is 0.600. The van der Waals surface area contributed by atoms with Gasteiger partial charge in [-0.1, -0.05) is 47.6 Å². The number of halogens is 3. The Balaban J connectivity index is 3.09. The lowest BCUT2D eigenvalue weighted by Crippen LogP contribution is -2.46. The third kappa shape index (κ3) is 6.65. The maximum Gasteiger partial charge on any atom is 0.252 e. The van der Waals surface area contributed by atoms with Gasteiger partial charge in [-0.05, 0) is 38.9 Å². The van der Waals surface area contributed by atoms with Gasteiger partial charge in [0.25, 0.3) is 11.8 Å². The van der Waals surface area contributed by atoms with Crippen molar-refractivity contribution < 1.29 is 9.59 Å². The van der Waals surface area contributed by atoms with E-state index >= 15 is 0 Å². The van der Waals surface area contributed by atoms with E-state index < -0.39 is 0 Å². The van der Waals surface area contributed by atoms with Crippen molar-refractivity contribution in [3.05, 3.63) is 33.8 Å². The smallest absolute Gasteiger partial charge is 0.252 e. The SMILES string of the molecule is CC(C)(C)[C@@H](CCl)NC(=O)c1cccc(C(=O)N[C@H](CCl)C(C)(C)C)c1Br. The molecule has 0 aliphatic heterocycles. The lowest BCUT2D eigenvalue weighted by Gasteiger charge is -2.30. The maximum atomic E-state index is 12.7. The zero-order chi connectivity index (χ0) is 21.0. The molecule has 7 heteroatoms. The van der Waals surface area contributed by atoms with Crippen molar-refractivity contribution >= 4 is 50.9 Å². The first kappa shape index (κ1) is 24.3. The fourth-order valence-corrected chi connectivity index (χ4v) is 4.03. The van der Waals surface area contributed by atoms with Gasteiger partial charge in [0.1, 0.15) is 0 Å². The minimum Gasteiger partial charge on any atom is -0.348 e. The molecular formula is C20H29BrCl2N2O2. The number of hydrogen-bond acceptors (Lipinski definition) is 2. The molecule has 0 fully saturated rings. The van der Waals surface area contributed by atoms with Gasteiger partial charge in [-0.25, -0.2) is 0 Å². The molecule has 27 heavy (non-hydrogen) atoms. The van der Waals surface area contributed by atoms with Crippen LogP contribution in [0.3, 0.4) is 0 Å². The summed E-state index contributed by atoms with van der Waals surface area (Å²) in [6, 6.07) is 4.64. The monoisotopic (exact) mass is 478 g/mol. The molecule has 0 spiro atoms. The van der Waals surface area contributed by atoms with Crippen LogP contribution in [0.15, 0.2) is 22.7 Å². The zero-order valence-electron chi connectivity index (χ0n) is 16.8. The van der Waals surface area contributed by atoms with Crippen molar-refractivity contribution in [2.24, 2.45) is 10.8 Å². The van der Waals surface area contributed by atoms with Gasteiger partial charge in [0.15, 0.2) is 0 Å². The molecule has 1 aromatic carbocycles. The van der Waals surface area contributed by atoms with Crippen molar-refractivity contribution in [1.29, 1.82) is 0 Å². The maximum absolute atomic E-state index is 12.7. The van der Waals surface area contributed by atoms with E-state index in [0.29, 0.717) is 27.4 Å². The van der Waals surface area contributed by atoms with E-state index in [4.69, 9.17) is 23.2 Å². The fourth-order valence-electron chi connectivity index (χ4n) is 2.33. The lowest BCUT2D eigenvalue weighted by molar-refractivity contribution is 0.0909. The normalized spacial score (nSPS) is 14.4. The molecule has 0 aliphatic carbocycles. The summed E-state index contributed by atoms with van der Waals surface area (Å²) in [5.74, 6) is 0.0510. The van der Waals surface area contributed by atoms with Crippen LogP contribution in [0.1, 0.15) is 62.3 Å². The van der Waals surface area contributed by atoms with E-state index in [1.54, 1.807) is 18.2 Å². The summed E-state index contributed by atoms with van der Waals surface area (Å²) >= 11 is 15.5. The Morgan fingerprint density at radius 1 is 0.889 bits per heavy atom. The summed E-state index contributed by atoms with van der Waals surface area (Å²) < 4.78 is 0.449. The molecule has 1 aromatic rings. The topological polar surface area (TPSA) is 58.2 Å². The molecule has 2 N–H and O–H groups in total. The molecule has 0 aromatic heterocycles. The number of benzene rings is 1. The van der Waals surface area contributed by atoms with E-state index in [-0.39, 0.29) is 34.7 Å². The Labute approximate surface area is 180 Å². The highest BCUT2D eigenvalue weighted by Crippen LogP contribution is 2.26. The Bertz CT molecular complexity index is 627. The van der Waals surface area contributed by atoms with Crippen LogP contribution in [-0.4, -0.2) is 35.7 Å². The van der Waals surface area contributed by atoms with Crippen molar-refractivity contribution in [3.8, 4) is 0 Å². The number of amides is 2. The van der Waals surface area contributed by atoms with Crippen molar-refractivity contribution in [1.82, 2.24) is 10.6 Å². The van der Waals surface area contributed by atoms with Crippen LogP contribution in [0.5, 0.6) is 0 Å². The minimum atomic E-state index is -0.276. The molecule has 0 unspecified atom stereocenters. The molecule has 0 aliphatic rings. The average molecular weight is 480 g/mol. The highest BCUT2D eigenvalue weighted by molar-refractivity contribution is 9.10. The number of carbonyl (C=O) groups is 2. The highest BCUT2D eigenvalue weighted by atomic mass is 79.9. The van der Waals surface area contributed by atoms with Gasteiger partial charge in [0, 0.05) is 28.3 Å². The largest absolute Gasteiger partial charge is 0.348 e. The van der Waals surface area contributed by atoms with Gasteiger partial charge < -0.3 is 10.6 Å².